The van der Waals surface area contributed by atoms with E-state index in [0.29, 0.717) is 31.0 Å². The van der Waals surface area contributed by atoms with Crippen LogP contribution in [0.25, 0.3) is 0 Å². The average molecular weight is 292 g/mol. The number of hydrogen-bond donors (Lipinski definition) is 1. The average Bonchev–Trinajstić information content (AvgIpc) is 2.76. The number of aliphatic hydroxyl groups excluding tert-OH is 1. The highest BCUT2D eigenvalue weighted by molar-refractivity contribution is 5.71. The van der Waals surface area contributed by atoms with E-state index in [4.69, 9.17) is 9.47 Å². The number of rotatable bonds is 3. The van der Waals surface area contributed by atoms with Crippen LogP contribution in [0.4, 0.5) is 11.4 Å². The monoisotopic (exact) mass is 292 g/mol. The summed E-state index contributed by atoms with van der Waals surface area (Å²) in [7, 11) is 0. The number of benzene rings is 1. The minimum absolute atomic E-state index is 0.102. The molecule has 2 unspecified atom stereocenters. The summed E-state index contributed by atoms with van der Waals surface area (Å²) in [5, 5.41) is 20.8. The van der Waals surface area contributed by atoms with Gasteiger partial charge in [0.05, 0.1) is 30.3 Å². The first kappa shape index (κ1) is 12.8. The largest absolute Gasteiger partial charge is 0.484 e. The quantitative estimate of drug-likeness (QED) is 0.657. The maximum atomic E-state index is 11.4. The number of hydrogen-bond acceptors (Lipinski definition) is 6. The lowest BCUT2D eigenvalue weighted by Gasteiger charge is -2.55. The van der Waals surface area contributed by atoms with Gasteiger partial charge in [-0.05, 0) is 6.92 Å². The molecule has 0 radical (unpaired) electrons. The summed E-state index contributed by atoms with van der Waals surface area (Å²) < 4.78 is 11.1. The van der Waals surface area contributed by atoms with E-state index in [1.165, 1.54) is 0 Å². The van der Waals surface area contributed by atoms with Gasteiger partial charge in [-0.2, -0.15) is 0 Å². The topological polar surface area (TPSA) is 85.1 Å². The van der Waals surface area contributed by atoms with Crippen molar-refractivity contribution in [1.29, 1.82) is 0 Å². The Morgan fingerprint density at radius 3 is 2.90 bits per heavy atom. The molecule has 1 aromatic rings. The predicted molar refractivity (Wildman–Crippen MR) is 73.8 cm³/mol. The molecular formula is C14H16N2O5. The number of fused-ring (bicyclic) bond motifs is 2. The lowest BCUT2D eigenvalue weighted by molar-refractivity contribution is -0.384. The van der Waals surface area contributed by atoms with Crippen molar-refractivity contribution in [2.75, 3.05) is 24.7 Å². The highest BCUT2D eigenvalue weighted by Crippen LogP contribution is 2.46. The number of nitro benzene ring substituents is 1. The van der Waals surface area contributed by atoms with Gasteiger partial charge in [-0.3, -0.25) is 10.1 Å². The zero-order valence-electron chi connectivity index (χ0n) is 11.6. The Morgan fingerprint density at radius 2 is 2.38 bits per heavy atom. The maximum Gasteiger partial charge on any atom is 0.293 e. The van der Waals surface area contributed by atoms with Crippen molar-refractivity contribution in [3.8, 4) is 5.75 Å². The first-order valence-electron chi connectivity index (χ1n) is 7.00. The highest BCUT2D eigenvalue weighted by Gasteiger charge is 2.49. The summed E-state index contributed by atoms with van der Waals surface area (Å²) in [5.74, 6) is 0.635. The molecule has 7 heteroatoms. The number of aliphatic hydroxyl groups is 1. The van der Waals surface area contributed by atoms with Gasteiger partial charge in [0, 0.05) is 30.7 Å². The Kier molecular flexibility index (Phi) is 2.50. The van der Waals surface area contributed by atoms with Gasteiger partial charge in [0.1, 0.15) is 17.0 Å². The third kappa shape index (κ3) is 1.74. The van der Waals surface area contributed by atoms with Crippen LogP contribution in [0.3, 0.4) is 0 Å². The molecule has 0 aliphatic carbocycles. The number of nitrogens with zero attached hydrogens (tertiary/aromatic N) is 2. The fraction of sp³-hybridized carbons (Fsp3) is 0.571. The fourth-order valence-electron chi connectivity index (χ4n) is 3.25. The molecular weight excluding hydrogens is 276 g/mol. The second-order valence-electron chi connectivity index (χ2n) is 6.18. The van der Waals surface area contributed by atoms with Gasteiger partial charge in [-0.15, -0.1) is 0 Å². The summed E-state index contributed by atoms with van der Waals surface area (Å²) in [6.07, 6.45) is 0.691. The fourth-order valence-corrected chi connectivity index (χ4v) is 3.25. The second-order valence-corrected chi connectivity index (χ2v) is 6.18. The van der Waals surface area contributed by atoms with Crippen LogP contribution in [0, 0.1) is 10.1 Å². The molecule has 7 nitrogen and oxygen atoms in total. The third-order valence-corrected chi connectivity index (χ3v) is 4.61. The number of anilines is 1. The minimum atomic E-state index is -0.689. The van der Waals surface area contributed by atoms with Gasteiger partial charge in [-0.1, -0.05) is 0 Å². The molecule has 0 aromatic heterocycles. The van der Waals surface area contributed by atoms with E-state index in [1.54, 1.807) is 19.1 Å². The van der Waals surface area contributed by atoms with Crippen LogP contribution < -0.4 is 9.64 Å². The van der Waals surface area contributed by atoms with Gasteiger partial charge in [0.15, 0.2) is 0 Å². The zero-order chi connectivity index (χ0) is 14.8. The highest BCUT2D eigenvalue weighted by atomic mass is 16.6. The molecule has 3 aliphatic rings. The SMILES string of the molecule is CC1(CO)Cc2cc([N+](=O)[O-])c(N3C[C@@H]4OCC43)cc2O1. The summed E-state index contributed by atoms with van der Waals surface area (Å²) in [6.45, 7) is 2.99. The smallest absolute Gasteiger partial charge is 0.293 e. The molecule has 0 spiro atoms. The molecule has 4 rings (SSSR count). The van der Waals surface area contributed by atoms with Crippen molar-refractivity contribution < 1.29 is 19.5 Å². The number of ether oxygens (including phenoxy) is 2. The van der Waals surface area contributed by atoms with E-state index in [2.05, 4.69) is 0 Å². The van der Waals surface area contributed by atoms with Gasteiger partial charge in [0.2, 0.25) is 0 Å². The molecule has 0 saturated carbocycles. The molecule has 3 aliphatic heterocycles. The van der Waals surface area contributed by atoms with Gasteiger partial charge >= 0.3 is 0 Å². The van der Waals surface area contributed by atoms with Crippen molar-refractivity contribution in [3.05, 3.63) is 27.8 Å². The van der Waals surface area contributed by atoms with Crippen LogP contribution in [0.5, 0.6) is 5.75 Å². The summed E-state index contributed by atoms with van der Waals surface area (Å²) in [5.41, 5.74) is 0.783. The van der Waals surface area contributed by atoms with E-state index >= 15 is 0 Å². The van der Waals surface area contributed by atoms with E-state index < -0.39 is 5.60 Å². The normalized spacial score (nSPS) is 32.6. The summed E-state index contributed by atoms with van der Waals surface area (Å²) in [6, 6.07) is 3.56. The molecule has 0 bridgehead atoms. The Hall–Kier alpha value is -1.86. The van der Waals surface area contributed by atoms with Crippen molar-refractivity contribution in [3.63, 3.8) is 0 Å². The lowest BCUT2D eigenvalue weighted by Crippen LogP contribution is -2.71. The van der Waals surface area contributed by atoms with Crippen molar-refractivity contribution in [1.82, 2.24) is 0 Å². The van der Waals surface area contributed by atoms with Gasteiger partial charge in [0.25, 0.3) is 5.69 Å². The lowest BCUT2D eigenvalue weighted by atomic mass is 9.92. The van der Waals surface area contributed by atoms with Crippen molar-refractivity contribution in [2.45, 2.75) is 31.1 Å². The Balaban J connectivity index is 1.74. The van der Waals surface area contributed by atoms with E-state index in [9.17, 15) is 15.2 Å². The van der Waals surface area contributed by atoms with Gasteiger partial charge < -0.3 is 19.5 Å². The summed E-state index contributed by atoms with van der Waals surface area (Å²) >= 11 is 0. The Labute approximate surface area is 121 Å². The van der Waals surface area contributed by atoms with Crippen LogP contribution in [0.1, 0.15) is 12.5 Å². The Bertz CT molecular complexity index is 634. The molecule has 1 N–H and O–H groups in total. The Morgan fingerprint density at radius 1 is 1.57 bits per heavy atom. The molecule has 1 aromatic carbocycles. The van der Waals surface area contributed by atoms with Crippen LogP contribution in [-0.2, 0) is 11.2 Å². The molecule has 112 valence electrons. The number of morpholine rings is 1. The van der Waals surface area contributed by atoms with E-state index in [-0.39, 0.29) is 29.4 Å². The van der Waals surface area contributed by atoms with Gasteiger partial charge in [-0.25, -0.2) is 0 Å². The van der Waals surface area contributed by atoms with Crippen LogP contribution >= 0.6 is 0 Å². The maximum absolute atomic E-state index is 11.4. The van der Waals surface area contributed by atoms with E-state index in [1.807, 2.05) is 4.90 Å². The zero-order valence-corrected chi connectivity index (χ0v) is 11.6. The molecule has 3 heterocycles. The first-order valence-corrected chi connectivity index (χ1v) is 7.00. The van der Waals surface area contributed by atoms with Crippen LogP contribution in [0.15, 0.2) is 12.1 Å². The summed E-state index contributed by atoms with van der Waals surface area (Å²) in [4.78, 5) is 13.0. The first-order chi connectivity index (χ1) is 10.0. The molecule has 2 saturated heterocycles. The van der Waals surface area contributed by atoms with Crippen molar-refractivity contribution >= 4 is 11.4 Å². The van der Waals surface area contributed by atoms with Crippen molar-refractivity contribution in [2.24, 2.45) is 0 Å². The third-order valence-electron chi connectivity index (χ3n) is 4.61. The molecule has 21 heavy (non-hydrogen) atoms. The number of nitro groups is 1. The standard InChI is InChI=1S/C14H16N2O5/c1-14(7-17)4-8-2-10(16(18)19)9(3-12(8)21-14)15-5-13-11(15)6-20-13/h2-3,11,13,17H,4-7H2,1H3/t11?,13-,14?/m0/s1. The molecule has 2 fully saturated rings. The molecule has 0 amide bonds. The predicted octanol–water partition coefficient (Wildman–Crippen LogP) is 0.868. The second kappa shape index (κ2) is 4.08. The van der Waals surface area contributed by atoms with E-state index in [0.717, 1.165) is 5.56 Å². The molecule has 3 atom stereocenters. The minimum Gasteiger partial charge on any atom is -0.484 e. The van der Waals surface area contributed by atoms with Crippen LogP contribution in [0.2, 0.25) is 0 Å². The van der Waals surface area contributed by atoms with Crippen LogP contribution in [-0.4, -0.2) is 47.5 Å².